The number of thiocarbonyl (C=S) groups is 1. The number of nitrogens with zero attached hydrogens (tertiary/aromatic N) is 2. The van der Waals surface area contributed by atoms with E-state index in [0.717, 1.165) is 23.6 Å². The molecule has 0 amide bonds. The Morgan fingerprint density at radius 2 is 2.05 bits per heavy atom. The summed E-state index contributed by atoms with van der Waals surface area (Å²) in [6.45, 7) is 9.91. The minimum atomic E-state index is 0.431. The quantitative estimate of drug-likeness (QED) is 0.844. The van der Waals surface area contributed by atoms with Gasteiger partial charge in [0.15, 0.2) is 0 Å². The monoisotopic (exact) mass is 277 g/mol. The van der Waals surface area contributed by atoms with Crippen LogP contribution in [0, 0.1) is 18.8 Å². The van der Waals surface area contributed by atoms with Gasteiger partial charge in [0.05, 0.1) is 5.56 Å². The number of nitrogens with two attached hydrogens (primary N) is 1. The third-order valence-electron chi connectivity index (χ3n) is 4.15. The third-order valence-corrected chi connectivity index (χ3v) is 4.37. The maximum Gasteiger partial charge on any atom is 0.139 e. The molecule has 3 nitrogen and oxygen atoms in total. The highest BCUT2D eigenvalue weighted by atomic mass is 32.1. The number of aryl methyl sites for hydroxylation is 1. The second-order valence-electron chi connectivity index (χ2n) is 5.90. The number of aromatic nitrogens is 1. The van der Waals surface area contributed by atoms with Crippen LogP contribution < -0.4 is 10.6 Å². The number of hydrogen-bond acceptors (Lipinski definition) is 3. The van der Waals surface area contributed by atoms with Gasteiger partial charge >= 0.3 is 0 Å². The zero-order valence-electron chi connectivity index (χ0n) is 12.2. The molecule has 0 aromatic carbocycles. The van der Waals surface area contributed by atoms with E-state index in [1.54, 1.807) is 0 Å². The van der Waals surface area contributed by atoms with E-state index in [4.69, 9.17) is 22.9 Å². The summed E-state index contributed by atoms with van der Waals surface area (Å²) >= 11 is 5.17. The smallest absolute Gasteiger partial charge is 0.139 e. The lowest BCUT2D eigenvalue weighted by molar-refractivity contribution is 0.295. The fraction of sp³-hybridized carbons (Fsp3) is 0.600. The molecule has 3 unspecified atom stereocenters. The molecule has 0 spiro atoms. The molecule has 0 saturated carbocycles. The van der Waals surface area contributed by atoms with E-state index in [9.17, 15) is 0 Å². The molecule has 19 heavy (non-hydrogen) atoms. The molecule has 1 aromatic rings. The van der Waals surface area contributed by atoms with Crippen LogP contribution in [0.5, 0.6) is 0 Å². The minimum Gasteiger partial charge on any atom is -0.389 e. The first-order valence-corrected chi connectivity index (χ1v) is 7.35. The van der Waals surface area contributed by atoms with E-state index in [1.165, 1.54) is 6.42 Å². The molecule has 0 aliphatic carbocycles. The number of piperidine rings is 1. The topological polar surface area (TPSA) is 42.1 Å². The average Bonchev–Trinajstić information content (AvgIpc) is 2.33. The lowest BCUT2D eigenvalue weighted by atomic mass is 9.86. The van der Waals surface area contributed by atoms with Crippen LogP contribution in [-0.4, -0.2) is 22.6 Å². The van der Waals surface area contributed by atoms with Crippen LogP contribution >= 0.6 is 12.2 Å². The van der Waals surface area contributed by atoms with Crippen molar-refractivity contribution in [2.24, 2.45) is 17.6 Å². The van der Waals surface area contributed by atoms with E-state index in [1.807, 2.05) is 19.1 Å². The number of rotatable bonds is 2. The first-order chi connectivity index (χ1) is 8.90. The number of anilines is 1. The van der Waals surface area contributed by atoms with Gasteiger partial charge in [-0.3, -0.25) is 0 Å². The molecule has 1 aliphatic heterocycles. The van der Waals surface area contributed by atoms with Crippen LogP contribution in [0.2, 0.25) is 0 Å². The molecular formula is C15H23N3S. The van der Waals surface area contributed by atoms with Crippen molar-refractivity contribution in [2.75, 3.05) is 11.4 Å². The zero-order valence-corrected chi connectivity index (χ0v) is 13.0. The standard InChI is InChI=1S/C15H23N3S/c1-9-7-10(2)12(4)18(8-9)15-13(14(16)19)6-5-11(3)17-15/h5-6,9-10,12H,7-8H2,1-4H3,(H2,16,19). The molecule has 2 N–H and O–H groups in total. The van der Waals surface area contributed by atoms with Gasteiger partial charge in [0, 0.05) is 18.3 Å². The predicted octanol–water partition coefficient (Wildman–Crippen LogP) is 2.90. The highest BCUT2D eigenvalue weighted by Gasteiger charge is 2.31. The predicted molar refractivity (Wildman–Crippen MR) is 84.6 cm³/mol. The van der Waals surface area contributed by atoms with Gasteiger partial charge in [0.1, 0.15) is 10.8 Å². The molecule has 4 heteroatoms. The summed E-state index contributed by atoms with van der Waals surface area (Å²) in [5.74, 6) is 2.29. The van der Waals surface area contributed by atoms with E-state index < -0.39 is 0 Å². The summed E-state index contributed by atoms with van der Waals surface area (Å²) in [7, 11) is 0. The Morgan fingerprint density at radius 1 is 1.37 bits per heavy atom. The molecule has 3 atom stereocenters. The molecule has 104 valence electrons. The molecule has 0 radical (unpaired) electrons. The summed E-state index contributed by atoms with van der Waals surface area (Å²) in [5, 5.41) is 0. The Labute approximate surface area is 121 Å². The average molecular weight is 277 g/mol. The SMILES string of the molecule is Cc1ccc(C(N)=S)c(N2CC(C)CC(C)C2C)n1. The third kappa shape index (κ3) is 2.89. The number of hydrogen-bond donors (Lipinski definition) is 1. The second kappa shape index (κ2) is 5.45. The summed E-state index contributed by atoms with van der Waals surface area (Å²) in [6, 6.07) is 4.44. The van der Waals surface area contributed by atoms with Crippen LogP contribution in [0.3, 0.4) is 0 Å². The van der Waals surface area contributed by atoms with Gasteiger partial charge in [0.25, 0.3) is 0 Å². The molecule has 1 aromatic heterocycles. The summed E-state index contributed by atoms with van der Waals surface area (Å²) in [5.41, 5.74) is 7.76. The van der Waals surface area contributed by atoms with E-state index in [2.05, 4.69) is 25.7 Å². The van der Waals surface area contributed by atoms with Gasteiger partial charge in [0.2, 0.25) is 0 Å². The van der Waals surface area contributed by atoms with Crippen LogP contribution in [0.4, 0.5) is 5.82 Å². The Hall–Kier alpha value is -1.16. The Kier molecular flexibility index (Phi) is 4.09. The van der Waals surface area contributed by atoms with Crippen LogP contribution in [-0.2, 0) is 0 Å². The highest BCUT2D eigenvalue weighted by molar-refractivity contribution is 7.80. The first-order valence-electron chi connectivity index (χ1n) is 6.94. The van der Waals surface area contributed by atoms with Gasteiger partial charge in [-0.25, -0.2) is 4.98 Å². The van der Waals surface area contributed by atoms with E-state index in [0.29, 0.717) is 22.9 Å². The van der Waals surface area contributed by atoms with Gasteiger partial charge in [-0.05, 0) is 44.2 Å². The zero-order chi connectivity index (χ0) is 14.2. The number of pyridine rings is 1. The van der Waals surface area contributed by atoms with Crippen molar-refractivity contribution in [1.82, 2.24) is 4.98 Å². The first kappa shape index (κ1) is 14.3. The Morgan fingerprint density at radius 3 is 2.68 bits per heavy atom. The maximum absolute atomic E-state index is 5.85. The van der Waals surface area contributed by atoms with Crippen LogP contribution in [0.1, 0.15) is 38.4 Å². The summed E-state index contributed by atoms with van der Waals surface area (Å²) in [6.07, 6.45) is 1.27. The van der Waals surface area contributed by atoms with Crippen molar-refractivity contribution in [1.29, 1.82) is 0 Å². The van der Waals surface area contributed by atoms with Gasteiger partial charge < -0.3 is 10.6 Å². The van der Waals surface area contributed by atoms with Gasteiger partial charge in [-0.15, -0.1) is 0 Å². The van der Waals surface area contributed by atoms with Crippen LogP contribution in [0.25, 0.3) is 0 Å². The summed E-state index contributed by atoms with van der Waals surface area (Å²) in [4.78, 5) is 7.50. The Balaban J connectivity index is 2.44. The van der Waals surface area contributed by atoms with Crippen molar-refractivity contribution < 1.29 is 0 Å². The van der Waals surface area contributed by atoms with Gasteiger partial charge in [-0.2, -0.15) is 0 Å². The van der Waals surface area contributed by atoms with E-state index in [-0.39, 0.29) is 0 Å². The maximum atomic E-state index is 5.85. The Bertz CT molecular complexity index is 486. The van der Waals surface area contributed by atoms with E-state index >= 15 is 0 Å². The molecular weight excluding hydrogens is 254 g/mol. The minimum absolute atomic E-state index is 0.431. The fourth-order valence-corrected chi connectivity index (χ4v) is 3.11. The molecule has 1 saturated heterocycles. The van der Waals surface area contributed by atoms with Crippen molar-refractivity contribution in [3.63, 3.8) is 0 Å². The molecule has 2 heterocycles. The van der Waals surface area contributed by atoms with Crippen molar-refractivity contribution in [3.8, 4) is 0 Å². The van der Waals surface area contributed by atoms with Crippen molar-refractivity contribution in [2.45, 2.75) is 40.2 Å². The second-order valence-corrected chi connectivity index (χ2v) is 6.34. The summed E-state index contributed by atoms with van der Waals surface area (Å²) < 4.78 is 0. The largest absolute Gasteiger partial charge is 0.389 e. The molecule has 1 aliphatic rings. The lowest BCUT2D eigenvalue weighted by Crippen LogP contribution is -2.47. The molecule has 1 fully saturated rings. The fourth-order valence-electron chi connectivity index (χ4n) is 2.95. The van der Waals surface area contributed by atoms with Crippen molar-refractivity contribution in [3.05, 3.63) is 23.4 Å². The highest BCUT2D eigenvalue weighted by Crippen LogP contribution is 2.32. The van der Waals surface area contributed by atoms with Gasteiger partial charge in [-0.1, -0.05) is 26.1 Å². The normalized spacial score (nSPS) is 27.4. The lowest BCUT2D eigenvalue weighted by Gasteiger charge is -2.42. The molecule has 0 bridgehead atoms. The van der Waals surface area contributed by atoms with Crippen molar-refractivity contribution >= 4 is 23.0 Å². The van der Waals surface area contributed by atoms with Crippen LogP contribution in [0.15, 0.2) is 12.1 Å². The molecule has 2 rings (SSSR count).